The molecule has 5 nitrogen and oxygen atoms in total. The van der Waals surface area contributed by atoms with Gasteiger partial charge < -0.3 is 4.74 Å². The number of hydrogen-bond donors (Lipinski definition) is 0. The lowest BCUT2D eigenvalue weighted by Gasteiger charge is -2.01. The zero-order valence-electron chi connectivity index (χ0n) is 11.1. The van der Waals surface area contributed by atoms with Gasteiger partial charge in [-0.25, -0.2) is 0 Å². The van der Waals surface area contributed by atoms with Crippen molar-refractivity contribution in [1.29, 1.82) is 0 Å². The molecule has 0 saturated heterocycles. The zero-order valence-corrected chi connectivity index (χ0v) is 11.1. The molecule has 0 fully saturated rings. The Bertz CT molecular complexity index is 643. The van der Waals surface area contributed by atoms with Crippen LogP contribution < -0.4 is 4.74 Å². The fourth-order valence-corrected chi connectivity index (χ4v) is 1.73. The van der Waals surface area contributed by atoms with Crippen molar-refractivity contribution in [2.24, 2.45) is 10.1 Å². The van der Waals surface area contributed by atoms with Crippen molar-refractivity contribution < 1.29 is 4.74 Å². The Balaban J connectivity index is 2.07. The van der Waals surface area contributed by atoms with Crippen LogP contribution in [0.15, 0.2) is 58.6 Å². The Kier molecular flexibility index (Phi) is 4.76. The molecule has 0 heterocycles. The van der Waals surface area contributed by atoms with Gasteiger partial charge in [0.15, 0.2) is 0 Å². The van der Waals surface area contributed by atoms with E-state index in [-0.39, 0.29) is 0 Å². The summed E-state index contributed by atoms with van der Waals surface area (Å²) in [7, 11) is 1.63. The first kappa shape index (κ1) is 13.6. The van der Waals surface area contributed by atoms with Gasteiger partial charge in [0.2, 0.25) is 0 Å². The van der Waals surface area contributed by atoms with Crippen molar-refractivity contribution in [3.05, 3.63) is 70.1 Å². The van der Waals surface area contributed by atoms with Crippen LogP contribution in [0.4, 0.5) is 5.69 Å². The zero-order chi connectivity index (χ0) is 14.2. The normalized spacial score (nSPS) is 10.2. The smallest absolute Gasteiger partial charge is 0.118 e. The van der Waals surface area contributed by atoms with E-state index in [2.05, 4.69) is 15.0 Å². The van der Waals surface area contributed by atoms with Gasteiger partial charge >= 0.3 is 0 Å². The van der Waals surface area contributed by atoms with Crippen LogP contribution in [0.5, 0.6) is 5.75 Å². The second-order valence-electron chi connectivity index (χ2n) is 4.06. The van der Waals surface area contributed by atoms with Gasteiger partial charge in [0.05, 0.1) is 13.7 Å². The van der Waals surface area contributed by atoms with E-state index in [1.807, 2.05) is 42.5 Å². The quantitative estimate of drug-likeness (QED) is 0.345. The topological polar surface area (TPSA) is 70.4 Å². The number of hydrogen-bond acceptors (Lipinski definition) is 3. The van der Waals surface area contributed by atoms with Gasteiger partial charge in [-0.3, -0.25) is 4.99 Å². The minimum atomic E-state index is 0.473. The Labute approximate surface area is 117 Å². The molecule has 0 N–H and O–H groups in total. The van der Waals surface area contributed by atoms with Gasteiger partial charge in [0.25, 0.3) is 0 Å². The molecule has 0 aliphatic heterocycles. The Morgan fingerprint density at radius 3 is 2.60 bits per heavy atom. The molecular weight excluding hydrogens is 252 g/mol. The van der Waals surface area contributed by atoms with Crippen molar-refractivity contribution in [3.8, 4) is 5.75 Å². The highest BCUT2D eigenvalue weighted by Crippen LogP contribution is 2.19. The minimum absolute atomic E-state index is 0.473. The second kappa shape index (κ2) is 6.97. The summed E-state index contributed by atoms with van der Waals surface area (Å²) >= 11 is 0. The van der Waals surface area contributed by atoms with Gasteiger partial charge in [-0.1, -0.05) is 29.4 Å². The van der Waals surface area contributed by atoms with Gasteiger partial charge in [0, 0.05) is 16.8 Å². The maximum Gasteiger partial charge on any atom is 0.118 e. The maximum atomic E-state index is 8.50. The van der Waals surface area contributed by atoms with E-state index in [1.54, 1.807) is 19.4 Å². The molecule has 2 aromatic rings. The number of methoxy groups -OCH3 is 1. The number of nitrogens with zero attached hydrogens (tertiary/aromatic N) is 4. The highest BCUT2D eigenvalue weighted by atomic mass is 16.5. The summed E-state index contributed by atoms with van der Waals surface area (Å²) in [6.07, 6.45) is 1.78. The minimum Gasteiger partial charge on any atom is -0.497 e. The van der Waals surface area contributed by atoms with E-state index in [0.29, 0.717) is 12.2 Å². The predicted octanol–water partition coefficient (Wildman–Crippen LogP) is 4.26. The van der Waals surface area contributed by atoms with E-state index in [1.165, 1.54) is 0 Å². The molecule has 0 aromatic heterocycles. The molecule has 5 heteroatoms. The Morgan fingerprint density at radius 1 is 1.15 bits per heavy atom. The molecule has 0 radical (unpaired) electrons. The highest BCUT2D eigenvalue weighted by molar-refractivity contribution is 5.79. The standard InChI is InChI=1S/C15H14N4O/c1-20-14-8-6-12(7-9-14)10-17-11-13-4-2-3-5-15(13)18-19-16/h2-10H,11H2,1H3. The third-order valence-electron chi connectivity index (χ3n) is 2.76. The molecular formula is C15H14N4O. The van der Waals surface area contributed by atoms with E-state index in [0.717, 1.165) is 16.9 Å². The van der Waals surface area contributed by atoms with Gasteiger partial charge in [0.1, 0.15) is 5.75 Å². The van der Waals surface area contributed by atoms with E-state index in [4.69, 9.17) is 10.3 Å². The first-order valence-electron chi connectivity index (χ1n) is 6.10. The van der Waals surface area contributed by atoms with Crippen LogP contribution in [0, 0.1) is 0 Å². The fraction of sp³-hybridized carbons (Fsp3) is 0.133. The first-order valence-corrected chi connectivity index (χ1v) is 6.10. The lowest BCUT2D eigenvalue weighted by atomic mass is 10.2. The molecule has 0 unspecified atom stereocenters. The van der Waals surface area contributed by atoms with E-state index in [9.17, 15) is 0 Å². The SMILES string of the molecule is COc1ccc(C=NCc2ccccc2N=[N+]=[N-])cc1. The van der Waals surface area contributed by atoms with Crippen LogP contribution >= 0.6 is 0 Å². The average Bonchev–Trinajstić information content (AvgIpc) is 2.50. The molecule has 0 saturated carbocycles. The first-order chi connectivity index (χ1) is 9.83. The molecule has 0 bridgehead atoms. The van der Waals surface area contributed by atoms with Gasteiger partial charge in [-0.15, -0.1) is 0 Å². The van der Waals surface area contributed by atoms with Crippen LogP contribution in [-0.4, -0.2) is 13.3 Å². The summed E-state index contributed by atoms with van der Waals surface area (Å²) in [5, 5.41) is 3.65. The molecule has 0 aliphatic rings. The summed E-state index contributed by atoms with van der Waals surface area (Å²) in [4.78, 5) is 7.17. The number of ether oxygens (including phenoxy) is 1. The molecule has 0 aliphatic carbocycles. The monoisotopic (exact) mass is 266 g/mol. The second-order valence-corrected chi connectivity index (χ2v) is 4.06. The number of rotatable bonds is 5. The highest BCUT2D eigenvalue weighted by Gasteiger charge is 1.97. The summed E-state index contributed by atoms with van der Waals surface area (Å²) in [6, 6.07) is 15.0. The molecule has 0 spiro atoms. The van der Waals surface area contributed by atoms with E-state index >= 15 is 0 Å². The summed E-state index contributed by atoms with van der Waals surface area (Å²) < 4.78 is 5.09. The third-order valence-corrected chi connectivity index (χ3v) is 2.76. The lowest BCUT2D eigenvalue weighted by molar-refractivity contribution is 0.415. The van der Waals surface area contributed by atoms with Crippen LogP contribution in [0.1, 0.15) is 11.1 Å². The van der Waals surface area contributed by atoms with Crippen LogP contribution in [0.2, 0.25) is 0 Å². The average molecular weight is 266 g/mol. The van der Waals surface area contributed by atoms with Crippen LogP contribution in [0.25, 0.3) is 10.4 Å². The van der Waals surface area contributed by atoms with Gasteiger partial charge in [-0.05, 0) is 40.9 Å². The van der Waals surface area contributed by atoms with Crippen molar-refractivity contribution in [2.45, 2.75) is 6.54 Å². The molecule has 0 atom stereocenters. The van der Waals surface area contributed by atoms with Crippen molar-refractivity contribution >= 4 is 11.9 Å². The number of azide groups is 1. The maximum absolute atomic E-state index is 8.50. The molecule has 0 amide bonds. The summed E-state index contributed by atoms with van der Waals surface area (Å²) in [5.74, 6) is 0.816. The number of benzene rings is 2. The van der Waals surface area contributed by atoms with Crippen LogP contribution in [0.3, 0.4) is 0 Å². The molecule has 2 rings (SSSR count). The number of aliphatic imine (C=N–C) groups is 1. The summed E-state index contributed by atoms with van der Waals surface area (Å²) in [6.45, 7) is 0.473. The fourth-order valence-electron chi connectivity index (χ4n) is 1.73. The summed E-state index contributed by atoms with van der Waals surface area (Å²) in [5.41, 5.74) is 11.0. The van der Waals surface area contributed by atoms with Crippen molar-refractivity contribution in [2.75, 3.05) is 7.11 Å². The predicted molar refractivity (Wildman–Crippen MR) is 79.5 cm³/mol. The third kappa shape index (κ3) is 3.60. The lowest BCUT2D eigenvalue weighted by Crippen LogP contribution is -1.86. The Hall–Kier alpha value is -2.78. The van der Waals surface area contributed by atoms with E-state index < -0.39 is 0 Å². The molecule has 100 valence electrons. The van der Waals surface area contributed by atoms with Crippen molar-refractivity contribution in [3.63, 3.8) is 0 Å². The van der Waals surface area contributed by atoms with Crippen molar-refractivity contribution in [1.82, 2.24) is 0 Å². The molecule has 20 heavy (non-hydrogen) atoms. The van der Waals surface area contributed by atoms with Gasteiger partial charge in [-0.2, -0.15) is 0 Å². The Morgan fingerprint density at radius 2 is 1.90 bits per heavy atom. The van der Waals surface area contributed by atoms with Crippen LogP contribution in [-0.2, 0) is 6.54 Å². The largest absolute Gasteiger partial charge is 0.497 e. The molecule has 2 aromatic carbocycles.